The summed E-state index contributed by atoms with van der Waals surface area (Å²) in [4.78, 5) is 12.3. The van der Waals surface area contributed by atoms with Crippen molar-refractivity contribution in [2.24, 2.45) is 5.92 Å². The Kier molecular flexibility index (Phi) is 3.51. The zero-order valence-corrected chi connectivity index (χ0v) is 12.5. The van der Waals surface area contributed by atoms with E-state index in [1.54, 1.807) is 6.92 Å². The monoisotopic (exact) mass is 286 g/mol. The molecule has 2 atom stereocenters. The first-order chi connectivity index (χ1) is 8.81. The molecule has 2 unspecified atom stereocenters. The number of carbonyl (C=O) groups excluding carboxylic acids is 1. The molecular weight excluding hydrogens is 264 g/mol. The fourth-order valence-electron chi connectivity index (χ4n) is 2.39. The van der Waals surface area contributed by atoms with Gasteiger partial charge in [0.15, 0.2) is 0 Å². The maximum Gasteiger partial charge on any atom is 0.254 e. The van der Waals surface area contributed by atoms with Crippen LogP contribution in [0, 0.1) is 5.92 Å². The van der Waals surface area contributed by atoms with Crippen LogP contribution in [0.1, 0.15) is 40.0 Å². The fraction of sp³-hybridized carbons (Fsp3) is 0.769. The topological polar surface area (TPSA) is 75.3 Å². The second-order valence-corrected chi connectivity index (χ2v) is 7.92. The van der Waals surface area contributed by atoms with E-state index in [0.29, 0.717) is 25.8 Å². The predicted octanol–water partition coefficient (Wildman–Crippen LogP) is 0.929. The van der Waals surface area contributed by atoms with Crippen LogP contribution in [0.15, 0.2) is 12.2 Å². The Hall–Kier alpha value is -0.880. The van der Waals surface area contributed by atoms with E-state index in [2.05, 4.69) is 10.0 Å². The first kappa shape index (κ1) is 14.5. The van der Waals surface area contributed by atoms with Crippen LogP contribution in [0.3, 0.4) is 0 Å². The second-order valence-electron chi connectivity index (χ2n) is 5.72. The Morgan fingerprint density at radius 1 is 1.42 bits per heavy atom. The molecule has 0 heterocycles. The molecule has 19 heavy (non-hydrogen) atoms. The van der Waals surface area contributed by atoms with E-state index in [4.69, 9.17) is 0 Å². The number of carbonyl (C=O) groups is 1. The molecule has 0 aliphatic heterocycles. The van der Waals surface area contributed by atoms with Crippen molar-refractivity contribution in [1.82, 2.24) is 10.0 Å². The zero-order valence-electron chi connectivity index (χ0n) is 11.7. The van der Waals surface area contributed by atoms with Crippen molar-refractivity contribution in [3.63, 3.8) is 0 Å². The Balaban J connectivity index is 2.10. The highest BCUT2D eigenvalue weighted by atomic mass is 32.2. The van der Waals surface area contributed by atoms with Crippen LogP contribution >= 0.6 is 0 Å². The molecule has 2 rings (SSSR count). The maximum absolute atomic E-state index is 12.3. The molecule has 2 aliphatic rings. The molecule has 2 N–H and O–H groups in total. The van der Waals surface area contributed by atoms with Gasteiger partial charge in [0.2, 0.25) is 10.0 Å². The van der Waals surface area contributed by atoms with E-state index in [1.807, 2.05) is 26.0 Å². The Bertz CT molecular complexity index is 508. The summed E-state index contributed by atoms with van der Waals surface area (Å²) in [6, 6.07) is 0. The SMILES string of the molecule is CC=CC1CC1(NCC)C(=O)NS(=O)(=O)C1(C)CC1. The average Bonchev–Trinajstić information content (AvgIpc) is 3.19. The number of rotatable bonds is 6. The zero-order chi connectivity index (χ0) is 14.3. The van der Waals surface area contributed by atoms with Crippen LogP contribution in [0.5, 0.6) is 0 Å². The largest absolute Gasteiger partial charge is 0.303 e. The predicted molar refractivity (Wildman–Crippen MR) is 74.0 cm³/mol. The van der Waals surface area contributed by atoms with Gasteiger partial charge in [-0.05, 0) is 39.7 Å². The summed E-state index contributed by atoms with van der Waals surface area (Å²) in [6.45, 7) is 6.13. The smallest absolute Gasteiger partial charge is 0.254 e. The Labute approximate surface area is 114 Å². The number of amides is 1. The molecule has 0 radical (unpaired) electrons. The van der Waals surface area contributed by atoms with Crippen LogP contribution in [0.2, 0.25) is 0 Å². The molecule has 108 valence electrons. The summed E-state index contributed by atoms with van der Waals surface area (Å²) in [7, 11) is -3.55. The normalized spacial score (nSPS) is 32.3. The van der Waals surface area contributed by atoms with E-state index in [9.17, 15) is 13.2 Å². The van der Waals surface area contributed by atoms with Gasteiger partial charge in [-0.2, -0.15) is 0 Å². The summed E-state index contributed by atoms with van der Waals surface area (Å²) in [6.07, 6.45) is 5.76. The van der Waals surface area contributed by atoms with Gasteiger partial charge >= 0.3 is 0 Å². The molecule has 0 aromatic carbocycles. The van der Waals surface area contributed by atoms with Gasteiger partial charge in [-0.25, -0.2) is 8.42 Å². The first-order valence-corrected chi connectivity index (χ1v) is 8.24. The summed E-state index contributed by atoms with van der Waals surface area (Å²) < 4.78 is 25.7. The van der Waals surface area contributed by atoms with Crippen LogP contribution in [-0.4, -0.2) is 31.2 Å². The quantitative estimate of drug-likeness (QED) is 0.712. The lowest BCUT2D eigenvalue weighted by atomic mass is 10.2. The maximum atomic E-state index is 12.3. The third kappa shape index (κ3) is 2.43. The number of likely N-dealkylation sites (N-methyl/N-ethyl adjacent to an activating group) is 1. The van der Waals surface area contributed by atoms with Crippen LogP contribution in [0.25, 0.3) is 0 Å². The van der Waals surface area contributed by atoms with E-state index in [1.165, 1.54) is 0 Å². The third-order valence-corrected chi connectivity index (χ3v) is 6.33. The molecule has 0 spiro atoms. The number of hydrogen-bond acceptors (Lipinski definition) is 4. The van der Waals surface area contributed by atoms with Crippen molar-refractivity contribution < 1.29 is 13.2 Å². The minimum atomic E-state index is -3.55. The molecule has 5 nitrogen and oxygen atoms in total. The summed E-state index contributed by atoms with van der Waals surface area (Å²) in [5, 5.41) is 3.13. The lowest BCUT2D eigenvalue weighted by Gasteiger charge is -2.19. The van der Waals surface area contributed by atoms with Crippen LogP contribution in [-0.2, 0) is 14.8 Å². The van der Waals surface area contributed by atoms with Gasteiger partial charge in [0.05, 0.1) is 4.75 Å². The highest BCUT2D eigenvalue weighted by Gasteiger charge is 2.60. The molecule has 2 aliphatic carbocycles. The van der Waals surface area contributed by atoms with Crippen LogP contribution < -0.4 is 10.0 Å². The van der Waals surface area contributed by atoms with Crippen molar-refractivity contribution in [3.05, 3.63) is 12.2 Å². The molecular formula is C13H22N2O3S. The van der Waals surface area contributed by atoms with Gasteiger partial charge in [0.25, 0.3) is 5.91 Å². The molecule has 6 heteroatoms. The molecule has 0 bridgehead atoms. The van der Waals surface area contributed by atoms with E-state index in [-0.39, 0.29) is 5.92 Å². The van der Waals surface area contributed by atoms with Gasteiger partial charge in [-0.1, -0.05) is 19.1 Å². The van der Waals surface area contributed by atoms with Gasteiger partial charge in [0, 0.05) is 5.92 Å². The molecule has 1 amide bonds. The molecule has 2 saturated carbocycles. The molecule has 0 aromatic heterocycles. The number of hydrogen-bond donors (Lipinski definition) is 2. The van der Waals surface area contributed by atoms with Gasteiger partial charge in [-0.3, -0.25) is 9.52 Å². The average molecular weight is 286 g/mol. The molecule has 0 aromatic rings. The number of allylic oxidation sites excluding steroid dienone is 1. The van der Waals surface area contributed by atoms with Crippen molar-refractivity contribution in [2.45, 2.75) is 50.3 Å². The first-order valence-electron chi connectivity index (χ1n) is 6.76. The highest BCUT2D eigenvalue weighted by molar-refractivity contribution is 7.91. The van der Waals surface area contributed by atoms with Crippen molar-refractivity contribution in [1.29, 1.82) is 0 Å². The summed E-state index contributed by atoms with van der Waals surface area (Å²) in [5.74, 6) is -0.328. The third-order valence-electron chi connectivity index (χ3n) is 4.17. The van der Waals surface area contributed by atoms with Crippen molar-refractivity contribution in [3.8, 4) is 0 Å². The van der Waals surface area contributed by atoms with Gasteiger partial charge in [-0.15, -0.1) is 0 Å². The van der Waals surface area contributed by atoms with E-state index < -0.39 is 26.2 Å². The minimum absolute atomic E-state index is 0.0830. The van der Waals surface area contributed by atoms with E-state index >= 15 is 0 Å². The number of sulfonamides is 1. The van der Waals surface area contributed by atoms with Gasteiger partial charge < -0.3 is 5.32 Å². The summed E-state index contributed by atoms with van der Waals surface area (Å²) in [5.41, 5.74) is -0.737. The Morgan fingerprint density at radius 2 is 2.05 bits per heavy atom. The fourth-order valence-corrected chi connectivity index (χ4v) is 3.71. The number of nitrogens with one attached hydrogen (secondary N) is 2. The highest BCUT2D eigenvalue weighted by Crippen LogP contribution is 2.46. The van der Waals surface area contributed by atoms with E-state index in [0.717, 1.165) is 0 Å². The minimum Gasteiger partial charge on any atom is -0.303 e. The lowest BCUT2D eigenvalue weighted by Crippen LogP contribution is -2.51. The van der Waals surface area contributed by atoms with Crippen molar-refractivity contribution in [2.75, 3.05) is 6.54 Å². The summed E-state index contributed by atoms with van der Waals surface area (Å²) >= 11 is 0. The second kappa shape index (κ2) is 4.59. The molecule has 0 saturated heterocycles. The molecule has 2 fully saturated rings. The van der Waals surface area contributed by atoms with Crippen molar-refractivity contribution >= 4 is 15.9 Å². The Morgan fingerprint density at radius 3 is 2.53 bits per heavy atom. The van der Waals surface area contributed by atoms with Crippen LogP contribution in [0.4, 0.5) is 0 Å². The van der Waals surface area contributed by atoms with Gasteiger partial charge in [0.1, 0.15) is 5.54 Å². The lowest BCUT2D eigenvalue weighted by molar-refractivity contribution is -0.122. The standard InChI is InChI=1S/C13H22N2O3S/c1-4-6-10-9-13(10,14-5-2)11(16)15-19(17,18)12(3)7-8-12/h4,6,10,14H,5,7-9H2,1-3H3,(H,15,16).